The zero-order valence-electron chi connectivity index (χ0n) is 24.0. The van der Waals surface area contributed by atoms with E-state index in [9.17, 15) is 22.6 Å². The molecule has 0 bridgehead atoms. The average Bonchev–Trinajstić information content (AvgIpc) is 3.31. The molecule has 0 unspecified atom stereocenters. The SMILES string of the molecule is CCCCCN1C(=O)/C(=C/C=C/C=C2/Sc3c(ccc4ccccc34)N2CCCS(=O)(=O)O)C(=O)N(CCCC)C1=S. The van der Waals surface area contributed by atoms with E-state index in [0.29, 0.717) is 19.6 Å². The van der Waals surface area contributed by atoms with Crippen LogP contribution in [0.2, 0.25) is 0 Å². The third-order valence-corrected chi connectivity index (χ3v) is 9.60. The van der Waals surface area contributed by atoms with Crippen molar-refractivity contribution in [2.45, 2.75) is 57.3 Å². The van der Waals surface area contributed by atoms with Crippen molar-refractivity contribution in [3.63, 3.8) is 0 Å². The van der Waals surface area contributed by atoms with Gasteiger partial charge in [0.15, 0.2) is 5.11 Å². The molecular weight excluding hydrogens is 591 g/mol. The number of thioether (sulfide) groups is 1. The van der Waals surface area contributed by atoms with Gasteiger partial charge in [0.1, 0.15) is 5.57 Å². The van der Waals surface area contributed by atoms with Gasteiger partial charge in [-0.25, -0.2) is 0 Å². The molecule has 11 heteroatoms. The molecule has 0 spiro atoms. The topological polar surface area (TPSA) is 98.2 Å². The Bertz CT molecular complexity index is 1550. The van der Waals surface area contributed by atoms with Crippen molar-refractivity contribution in [2.75, 3.05) is 30.3 Å². The monoisotopic (exact) mass is 627 g/mol. The largest absolute Gasteiger partial charge is 0.335 e. The van der Waals surface area contributed by atoms with Gasteiger partial charge in [-0.1, -0.05) is 87.4 Å². The number of allylic oxidation sites excluding steroid dienone is 4. The van der Waals surface area contributed by atoms with Crippen molar-refractivity contribution < 1.29 is 22.6 Å². The third kappa shape index (κ3) is 7.50. The number of benzene rings is 2. The molecule has 1 N–H and O–H groups in total. The number of amides is 2. The molecule has 0 radical (unpaired) electrons. The Morgan fingerprint density at radius 2 is 1.48 bits per heavy atom. The fourth-order valence-corrected chi connectivity index (χ4v) is 7.03. The van der Waals surface area contributed by atoms with Crippen LogP contribution in [-0.2, 0) is 19.7 Å². The van der Waals surface area contributed by atoms with E-state index < -0.39 is 10.1 Å². The van der Waals surface area contributed by atoms with Gasteiger partial charge in [-0.3, -0.25) is 23.9 Å². The van der Waals surface area contributed by atoms with E-state index in [-0.39, 0.29) is 34.7 Å². The van der Waals surface area contributed by atoms with Gasteiger partial charge in [-0.05, 0) is 60.5 Å². The summed E-state index contributed by atoms with van der Waals surface area (Å²) in [4.78, 5) is 32.8. The lowest BCUT2D eigenvalue weighted by Crippen LogP contribution is -2.56. The molecule has 2 amide bonds. The van der Waals surface area contributed by atoms with Gasteiger partial charge in [-0.2, -0.15) is 8.42 Å². The summed E-state index contributed by atoms with van der Waals surface area (Å²) in [6.07, 6.45) is 11.7. The normalized spacial score (nSPS) is 18.0. The molecule has 8 nitrogen and oxygen atoms in total. The van der Waals surface area contributed by atoms with Crippen molar-refractivity contribution in [1.29, 1.82) is 0 Å². The van der Waals surface area contributed by atoms with Gasteiger partial charge in [-0.15, -0.1) is 0 Å². The van der Waals surface area contributed by atoms with Crippen molar-refractivity contribution >= 4 is 67.5 Å². The molecular formula is C31H37N3O5S3. The molecule has 2 aromatic carbocycles. The molecule has 2 aliphatic rings. The zero-order valence-corrected chi connectivity index (χ0v) is 26.4. The van der Waals surface area contributed by atoms with E-state index in [1.54, 1.807) is 34.9 Å². The molecule has 1 saturated heterocycles. The summed E-state index contributed by atoms with van der Waals surface area (Å²) in [6, 6.07) is 12.1. The number of fused-ring (bicyclic) bond motifs is 3. The molecule has 0 aliphatic carbocycles. The second-order valence-electron chi connectivity index (χ2n) is 10.3. The lowest BCUT2D eigenvalue weighted by atomic mass is 10.1. The van der Waals surface area contributed by atoms with Crippen LogP contribution in [0.25, 0.3) is 10.8 Å². The second-order valence-corrected chi connectivity index (χ2v) is 13.2. The molecule has 4 rings (SSSR count). The van der Waals surface area contributed by atoms with Crippen molar-refractivity contribution in [1.82, 2.24) is 9.80 Å². The van der Waals surface area contributed by atoms with Crippen LogP contribution in [0.15, 0.2) is 76.2 Å². The van der Waals surface area contributed by atoms with E-state index >= 15 is 0 Å². The smallest absolute Gasteiger partial charge is 0.265 e. The molecule has 2 heterocycles. The molecule has 0 saturated carbocycles. The molecule has 0 atom stereocenters. The highest BCUT2D eigenvalue weighted by Crippen LogP contribution is 2.49. The highest BCUT2D eigenvalue weighted by Gasteiger charge is 2.38. The predicted octanol–water partition coefficient (Wildman–Crippen LogP) is 6.30. The first-order valence-electron chi connectivity index (χ1n) is 14.3. The summed E-state index contributed by atoms with van der Waals surface area (Å²) in [5.41, 5.74) is 1.05. The highest BCUT2D eigenvalue weighted by molar-refractivity contribution is 8.04. The van der Waals surface area contributed by atoms with E-state index in [1.165, 1.54) is 4.90 Å². The predicted molar refractivity (Wildman–Crippen MR) is 174 cm³/mol. The van der Waals surface area contributed by atoms with Gasteiger partial charge in [0.05, 0.1) is 16.5 Å². The van der Waals surface area contributed by atoms with Gasteiger partial charge < -0.3 is 4.90 Å². The summed E-state index contributed by atoms with van der Waals surface area (Å²) >= 11 is 7.13. The number of anilines is 1. The maximum atomic E-state index is 13.3. The number of nitrogens with zero attached hydrogens (tertiary/aromatic N) is 3. The lowest BCUT2D eigenvalue weighted by Gasteiger charge is -2.36. The first-order chi connectivity index (χ1) is 20.2. The minimum Gasteiger partial charge on any atom is -0.335 e. The minimum atomic E-state index is -4.07. The number of hydrogen-bond acceptors (Lipinski definition) is 7. The second kappa shape index (κ2) is 14.5. The van der Waals surface area contributed by atoms with Crippen molar-refractivity contribution in [3.05, 3.63) is 71.3 Å². The van der Waals surface area contributed by atoms with Gasteiger partial charge in [0, 0.05) is 24.5 Å². The Labute approximate surface area is 257 Å². The standard InChI is InChI=1S/C31H37N3O5S3/c1-3-5-11-20-34-30(36)25(29(35)33(31(34)40)19-6-4-2)15-9-10-16-27-32(21-12-22-42(37,38)39)26-18-17-23-13-7-8-14-24(23)28(26)41-27/h7-10,13-18H,3-6,11-12,19-22H2,1-2H3,(H,37,38,39)/b10-9+,25-15+,27-16+. The van der Waals surface area contributed by atoms with Crippen LogP contribution in [0.3, 0.4) is 0 Å². The van der Waals surface area contributed by atoms with Crippen LogP contribution in [0.5, 0.6) is 0 Å². The van der Waals surface area contributed by atoms with Crippen LogP contribution in [0.1, 0.15) is 52.4 Å². The maximum absolute atomic E-state index is 13.3. The number of thiocarbonyl (C=S) groups is 1. The molecule has 224 valence electrons. The number of rotatable bonds is 13. The van der Waals surface area contributed by atoms with E-state index in [0.717, 1.165) is 58.5 Å². The fourth-order valence-electron chi connectivity index (χ4n) is 4.95. The summed E-state index contributed by atoms with van der Waals surface area (Å²) < 4.78 is 31.9. The molecule has 1 fully saturated rings. The molecule has 42 heavy (non-hydrogen) atoms. The van der Waals surface area contributed by atoms with Crippen LogP contribution in [0, 0.1) is 0 Å². The van der Waals surface area contributed by atoms with Crippen LogP contribution in [0.4, 0.5) is 5.69 Å². The lowest BCUT2D eigenvalue weighted by molar-refractivity contribution is -0.133. The summed E-state index contributed by atoms with van der Waals surface area (Å²) in [7, 11) is -4.07. The van der Waals surface area contributed by atoms with Crippen LogP contribution < -0.4 is 4.90 Å². The minimum absolute atomic E-state index is 0.0872. The van der Waals surface area contributed by atoms with E-state index in [4.69, 9.17) is 12.2 Å². The van der Waals surface area contributed by atoms with Crippen molar-refractivity contribution in [2.24, 2.45) is 0 Å². The Balaban J connectivity index is 1.61. The number of carbonyl (C=O) groups is 2. The van der Waals surface area contributed by atoms with Gasteiger partial charge in [0.25, 0.3) is 21.9 Å². The first-order valence-corrected chi connectivity index (χ1v) is 17.2. The Kier molecular flexibility index (Phi) is 11.0. The van der Waals surface area contributed by atoms with Gasteiger partial charge >= 0.3 is 0 Å². The first kappa shape index (κ1) is 31.9. The summed E-state index contributed by atoms with van der Waals surface area (Å²) in [5.74, 6) is -1.07. The van der Waals surface area contributed by atoms with Crippen LogP contribution >= 0.6 is 24.0 Å². The number of hydrogen-bond donors (Lipinski definition) is 1. The number of carbonyl (C=O) groups excluding carboxylic acids is 2. The molecule has 2 aliphatic heterocycles. The summed E-state index contributed by atoms with van der Waals surface area (Å²) in [6.45, 7) is 5.48. The Morgan fingerprint density at radius 1 is 0.833 bits per heavy atom. The third-order valence-electron chi connectivity index (χ3n) is 7.15. The number of unbranched alkanes of at least 4 members (excludes halogenated alkanes) is 3. The quantitative estimate of drug-likeness (QED) is 0.0909. The maximum Gasteiger partial charge on any atom is 0.265 e. The van der Waals surface area contributed by atoms with Gasteiger partial charge in [0.2, 0.25) is 0 Å². The van der Waals surface area contributed by atoms with Crippen molar-refractivity contribution in [3.8, 4) is 0 Å². The molecule has 2 aromatic rings. The summed E-state index contributed by atoms with van der Waals surface area (Å²) in [5, 5.41) is 3.36. The Morgan fingerprint density at radius 3 is 2.17 bits per heavy atom. The van der Waals surface area contributed by atoms with E-state index in [2.05, 4.69) is 13.0 Å². The fraction of sp³-hybridized carbons (Fsp3) is 0.387. The van der Waals surface area contributed by atoms with Crippen LogP contribution in [-0.4, -0.2) is 65.1 Å². The highest BCUT2D eigenvalue weighted by atomic mass is 32.2. The Hall–Kier alpha value is -2.99. The molecule has 0 aromatic heterocycles. The average molecular weight is 628 g/mol. The zero-order chi connectivity index (χ0) is 30.3. The van der Waals surface area contributed by atoms with E-state index in [1.807, 2.05) is 48.2 Å².